The summed E-state index contributed by atoms with van der Waals surface area (Å²) in [6.45, 7) is 5.26. The number of carbonyl (C=O) groups is 2. The Morgan fingerprint density at radius 3 is 2.24 bits per heavy atom. The average Bonchev–Trinajstić information content (AvgIpc) is 2.78. The summed E-state index contributed by atoms with van der Waals surface area (Å²) in [6.07, 6.45) is -0.147. The zero-order chi connectivity index (χ0) is 20.6. The molecule has 6 heteroatoms. The van der Waals surface area contributed by atoms with Gasteiger partial charge in [-0.25, -0.2) is 0 Å². The van der Waals surface area contributed by atoms with Crippen LogP contribution in [0, 0.1) is 0 Å². The van der Waals surface area contributed by atoms with E-state index in [0.717, 1.165) is 13.1 Å². The van der Waals surface area contributed by atoms with Crippen LogP contribution in [0.3, 0.4) is 0 Å². The number of β-amino-alcohol motifs (C(OH)–C–C–N with tert-alkyl or cyclic N) is 1. The lowest BCUT2D eigenvalue weighted by Crippen LogP contribution is -2.50. The average molecular weight is 396 g/mol. The van der Waals surface area contributed by atoms with E-state index in [1.807, 2.05) is 42.2 Å². The molecular formula is C23H28N2O4. The normalized spacial score (nSPS) is 15.7. The first kappa shape index (κ1) is 21.0. The molecule has 1 aliphatic heterocycles. The molecule has 1 fully saturated rings. The van der Waals surface area contributed by atoms with Gasteiger partial charge in [-0.15, -0.1) is 0 Å². The number of amides is 1. The highest BCUT2D eigenvalue weighted by molar-refractivity contribution is 5.96. The Labute approximate surface area is 171 Å². The number of ketones is 1. The lowest BCUT2D eigenvalue weighted by Gasteiger charge is -2.35. The van der Waals surface area contributed by atoms with Crippen molar-refractivity contribution in [1.29, 1.82) is 0 Å². The summed E-state index contributed by atoms with van der Waals surface area (Å²) in [5, 5.41) is 10.3. The molecule has 2 aromatic rings. The maximum Gasteiger partial charge on any atom is 0.253 e. The van der Waals surface area contributed by atoms with Crippen molar-refractivity contribution in [2.45, 2.75) is 19.4 Å². The van der Waals surface area contributed by atoms with Crippen LogP contribution in [0.4, 0.5) is 0 Å². The molecular weight excluding hydrogens is 368 g/mol. The number of piperazine rings is 1. The number of hydrogen-bond acceptors (Lipinski definition) is 5. The summed E-state index contributed by atoms with van der Waals surface area (Å²) in [4.78, 5) is 28.1. The number of ether oxygens (including phenoxy) is 1. The summed E-state index contributed by atoms with van der Waals surface area (Å²) in [6, 6.07) is 16.3. The molecule has 1 heterocycles. The van der Waals surface area contributed by atoms with Crippen molar-refractivity contribution in [2.75, 3.05) is 39.3 Å². The number of Topliss-reactive ketones (excluding diaryl/α,β-unsaturated/α-hetero) is 1. The molecule has 1 saturated heterocycles. The van der Waals surface area contributed by atoms with Gasteiger partial charge >= 0.3 is 0 Å². The largest absolute Gasteiger partial charge is 0.491 e. The molecule has 0 aliphatic carbocycles. The third-order valence-corrected chi connectivity index (χ3v) is 5.09. The van der Waals surface area contributed by atoms with Gasteiger partial charge in [0.1, 0.15) is 18.5 Å². The van der Waals surface area contributed by atoms with E-state index in [0.29, 0.717) is 42.9 Å². The molecule has 3 rings (SSSR count). The second kappa shape index (κ2) is 10.2. The number of hydrogen-bond donors (Lipinski definition) is 1. The molecule has 0 saturated carbocycles. The minimum atomic E-state index is -0.622. The van der Waals surface area contributed by atoms with Crippen molar-refractivity contribution < 1.29 is 19.4 Å². The van der Waals surface area contributed by atoms with E-state index in [4.69, 9.17) is 4.74 Å². The van der Waals surface area contributed by atoms with Crippen molar-refractivity contribution in [2.24, 2.45) is 0 Å². The molecule has 1 amide bonds. The van der Waals surface area contributed by atoms with Crippen LogP contribution in [-0.2, 0) is 0 Å². The van der Waals surface area contributed by atoms with Gasteiger partial charge in [-0.3, -0.25) is 14.5 Å². The van der Waals surface area contributed by atoms with Gasteiger partial charge in [0.2, 0.25) is 0 Å². The summed E-state index contributed by atoms with van der Waals surface area (Å²) < 4.78 is 5.64. The molecule has 0 bridgehead atoms. The smallest absolute Gasteiger partial charge is 0.253 e. The molecule has 1 unspecified atom stereocenters. The lowest BCUT2D eigenvalue weighted by molar-refractivity contribution is 0.0403. The summed E-state index contributed by atoms with van der Waals surface area (Å²) in [5.74, 6) is 0.788. The SMILES string of the molecule is CCC(=O)c1ccc(OCC(O)CN2CCN(C(=O)c3ccccc3)CC2)cc1. The third-order valence-electron chi connectivity index (χ3n) is 5.09. The zero-order valence-corrected chi connectivity index (χ0v) is 16.8. The second-order valence-electron chi connectivity index (χ2n) is 7.22. The quantitative estimate of drug-likeness (QED) is 0.694. The molecule has 154 valence electrons. The van der Waals surface area contributed by atoms with Gasteiger partial charge in [-0.2, -0.15) is 0 Å². The fourth-order valence-electron chi connectivity index (χ4n) is 3.38. The Morgan fingerprint density at radius 2 is 1.62 bits per heavy atom. The van der Waals surface area contributed by atoms with Crippen molar-refractivity contribution in [3.05, 3.63) is 65.7 Å². The van der Waals surface area contributed by atoms with E-state index in [1.54, 1.807) is 24.3 Å². The number of carbonyl (C=O) groups excluding carboxylic acids is 2. The zero-order valence-electron chi connectivity index (χ0n) is 16.8. The van der Waals surface area contributed by atoms with Crippen molar-refractivity contribution in [3.8, 4) is 5.75 Å². The number of nitrogens with zero attached hydrogens (tertiary/aromatic N) is 2. The summed E-state index contributed by atoms with van der Waals surface area (Å²) in [7, 11) is 0. The molecule has 0 spiro atoms. The van der Waals surface area contributed by atoms with E-state index >= 15 is 0 Å². The predicted octanol–water partition coefficient (Wildman–Crippen LogP) is 2.48. The number of benzene rings is 2. The summed E-state index contributed by atoms with van der Waals surface area (Å²) >= 11 is 0. The first-order valence-electron chi connectivity index (χ1n) is 10.1. The second-order valence-corrected chi connectivity index (χ2v) is 7.22. The molecule has 1 atom stereocenters. The Bertz CT molecular complexity index is 799. The third kappa shape index (κ3) is 5.89. The molecule has 6 nitrogen and oxygen atoms in total. The Kier molecular flexibility index (Phi) is 7.38. The van der Waals surface area contributed by atoms with E-state index in [2.05, 4.69) is 4.90 Å². The molecule has 0 aromatic heterocycles. The van der Waals surface area contributed by atoms with Crippen LogP contribution in [0.2, 0.25) is 0 Å². The number of aliphatic hydroxyl groups excluding tert-OH is 1. The summed E-state index contributed by atoms with van der Waals surface area (Å²) in [5.41, 5.74) is 1.38. The van der Waals surface area contributed by atoms with Crippen LogP contribution in [0.5, 0.6) is 5.75 Å². The molecule has 1 aliphatic rings. The Hall–Kier alpha value is -2.70. The van der Waals surface area contributed by atoms with Crippen LogP contribution in [0.15, 0.2) is 54.6 Å². The number of rotatable bonds is 8. The van der Waals surface area contributed by atoms with Crippen molar-refractivity contribution >= 4 is 11.7 Å². The highest BCUT2D eigenvalue weighted by atomic mass is 16.5. The topological polar surface area (TPSA) is 70.1 Å². The first-order chi connectivity index (χ1) is 14.1. The predicted molar refractivity (Wildman–Crippen MR) is 111 cm³/mol. The van der Waals surface area contributed by atoms with Crippen LogP contribution in [0.25, 0.3) is 0 Å². The van der Waals surface area contributed by atoms with Crippen LogP contribution in [-0.4, -0.2) is 72.0 Å². The van der Waals surface area contributed by atoms with E-state index in [-0.39, 0.29) is 18.3 Å². The van der Waals surface area contributed by atoms with Gasteiger partial charge < -0.3 is 14.7 Å². The Morgan fingerprint density at radius 1 is 0.966 bits per heavy atom. The van der Waals surface area contributed by atoms with E-state index < -0.39 is 6.10 Å². The number of aliphatic hydroxyl groups is 1. The van der Waals surface area contributed by atoms with Crippen LogP contribution in [0.1, 0.15) is 34.1 Å². The standard InChI is InChI=1S/C23H28N2O4/c1-2-22(27)18-8-10-21(11-9-18)29-17-20(26)16-24-12-14-25(15-13-24)23(28)19-6-4-3-5-7-19/h3-11,20,26H,2,12-17H2,1H3. The van der Waals surface area contributed by atoms with E-state index in [1.165, 1.54) is 0 Å². The van der Waals surface area contributed by atoms with Crippen LogP contribution < -0.4 is 4.74 Å². The maximum atomic E-state index is 12.5. The van der Waals surface area contributed by atoms with Gasteiger partial charge in [-0.05, 0) is 36.4 Å². The fraction of sp³-hybridized carbons (Fsp3) is 0.391. The molecule has 1 N–H and O–H groups in total. The monoisotopic (exact) mass is 396 g/mol. The van der Waals surface area contributed by atoms with Crippen LogP contribution >= 0.6 is 0 Å². The lowest BCUT2D eigenvalue weighted by atomic mass is 10.1. The highest BCUT2D eigenvalue weighted by Gasteiger charge is 2.23. The highest BCUT2D eigenvalue weighted by Crippen LogP contribution is 2.14. The van der Waals surface area contributed by atoms with Crippen molar-refractivity contribution in [3.63, 3.8) is 0 Å². The first-order valence-corrected chi connectivity index (χ1v) is 10.1. The van der Waals surface area contributed by atoms with Crippen molar-refractivity contribution in [1.82, 2.24) is 9.80 Å². The molecule has 0 radical (unpaired) electrons. The van der Waals surface area contributed by atoms with Gasteiger partial charge in [0.15, 0.2) is 5.78 Å². The minimum Gasteiger partial charge on any atom is -0.491 e. The minimum absolute atomic E-state index is 0.0548. The van der Waals surface area contributed by atoms with Gasteiger partial charge in [0.05, 0.1) is 0 Å². The van der Waals surface area contributed by atoms with E-state index in [9.17, 15) is 14.7 Å². The molecule has 29 heavy (non-hydrogen) atoms. The molecule has 2 aromatic carbocycles. The Balaban J connectivity index is 1.40. The van der Waals surface area contributed by atoms with Gasteiger partial charge in [0, 0.05) is 50.3 Å². The maximum absolute atomic E-state index is 12.5. The fourth-order valence-corrected chi connectivity index (χ4v) is 3.38. The van der Waals surface area contributed by atoms with Gasteiger partial charge in [-0.1, -0.05) is 25.1 Å². The van der Waals surface area contributed by atoms with Gasteiger partial charge in [0.25, 0.3) is 5.91 Å².